The molecule has 2 aliphatic rings. The molecule has 36 heavy (non-hydrogen) atoms. The van der Waals surface area contributed by atoms with Crippen LogP contribution >= 0.6 is 0 Å². The van der Waals surface area contributed by atoms with E-state index in [2.05, 4.69) is 21.3 Å². The summed E-state index contributed by atoms with van der Waals surface area (Å²) in [6.45, 7) is 3.87. The molecule has 3 aromatic rings. The summed E-state index contributed by atoms with van der Waals surface area (Å²) in [5.74, 6) is -0.602. The largest absolute Gasteiger partial charge is 0.433 e. The predicted octanol–water partition coefficient (Wildman–Crippen LogP) is 4.09. The Balaban J connectivity index is 1.43. The fourth-order valence-electron chi connectivity index (χ4n) is 4.86. The average molecular weight is 499 g/mol. The molecule has 1 aromatic carbocycles. The third-order valence-corrected chi connectivity index (χ3v) is 6.78. The molecule has 2 N–H and O–H groups in total. The number of aryl methyl sites for hydroxylation is 1. The van der Waals surface area contributed by atoms with E-state index >= 15 is 0 Å². The van der Waals surface area contributed by atoms with Crippen LogP contribution in [-0.4, -0.2) is 53.4 Å². The summed E-state index contributed by atoms with van der Waals surface area (Å²) < 4.78 is 44.6. The van der Waals surface area contributed by atoms with E-state index in [-0.39, 0.29) is 24.1 Å². The standard InChI is InChI=1S/C26H25F3N4O3/c1-15-2-3-19(32-25(35)16-4-5-30-24(10-16)26(27,28)29)11-20(15)17-9-22-21(31-12-17)8-18(13-34)23-14-36-7-6-33(22)23/h2-5,9-12,18,23,34H,6-8,13-14H2,1H3,(H,32,35)/t18-,23?/m0/s1. The highest BCUT2D eigenvalue weighted by atomic mass is 19.4. The Morgan fingerprint density at radius 2 is 2.06 bits per heavy atom. The number of aromatic nitrogens is 2. The first kappa shape index (κ1) is 24.2. The van der Waals surface area contributed by atoms with Gasteiger partial charge < -0.3 is 20.1 Å². The number of amides is 1. The fraction of sp³-hybridized carbons (Fsp3) is 0.346. The van der Waals surface area contributed by atoms with Crippen molar-refractivity contribution in [2.45, 2.75) is 25.6 Å². The molecule has 1 amide bonds. The zero-order valence-electron chi connectivity index (χ0n) is 19.5. The Morgan fingerprint density at radius 1 is 1.22 bits per heavy atom. The normalized spacial score (nSPS) is 19.4. The highest BCUT2D eigenvalue weighted by molar-refractivity contribution is 6.04. The van der Waals surface area contributed by atoms with E-state index < -0.39 is 17.8 Å². The van der Waals surface area contributed by atoms with Gasteiger partial charge in [-0.2, -0.15) is 13.2 Å². The third-order valence-electron chi connectivity index (χ3n) is 6.78. The van der Waals surface area contributed by atoms with Gasteiger partial charge in [-0.25, -0.2) is 0 Å². The SMILES string of the molecule is Cc1ccc(NC(=O)c2ccnc(C(F)(F)F)c2)cc1-c1cnc2c(c1)N1CCOCC1[C@H](CO)C2. The number of nitrogens with zero attached hydrogens (tertiary/aromatic N) is 3. The number of rotatable bonds is 4. The smallest absolute Gasteiger partial charge is 0.396 e. The maximum Gasteiger partial charge on any atom is 0.433 e. The van der Waals surface area contributed by atoms with E-state index in [1.165, 1.54) is 6.07 Å². The number of halogens is 3. The van der Waals surface area contributed by atoms with Crippen molar-refractivity contribution in [3.8, 4) is 11.1 Å². The van der Waals surface area contributed by atoms with Gasteiger partial charge in [0.05, 0.1) is 30.6 Å². The minimum Gasteiger partial charge on any atom is -0.396 e. The average Bonchev–Trinajstić information content (AvgIpc) is 2.88. The summed E-state index contributed by atoms with van der Waals surface area (Å²) in [5.41, 5.74) is 3.80. The van der Waals surface area contributed by atoms with Crippen LogP contribution in [0.5, 0.6) is 0 Å². The van der Waals surface area contributed by atoms with Crippen LogP contribution in [0.2, 0.25) is 0 Å². The number of hydrogen-bond acceptors (Lipinski definition) is 6. The fourth-order valence-corrected chi connectivity index (χ4v) is 4.86. The van der Waals surface area contributed by atoms with Crippen LogP contribution in [0.3, 0.4) is 0 Å². The minimum absolute atomic E-state index is 0.0578. The first-order valence-corrected chi connectivity index (χ1v) is 11.6. The van der Waals surface area contributed by atoms with Crippen LogP contribution in [0.4, 0.5) is 24.5 Å². The van der Waals surface area contributed by atoms with Crippen LogP contribution in [0.1, 0.15) is 27.3 Å². The van der Waals surface area contributed by atoms with Gasteiger partial charge >= 0.3 is 6.18 Å². The zero-order valence-corrected chi connectivity index (χ0v) is 19.5. The van der Waals surface area contributed by atoms with Crippen molar-refractivity contribution >= 4 is 17.3 Å². The number of aliphatic hydroxyl groups is 1. The van der Waals surface area contributed by atoms with Crippen molar-refractivity contribution in [2.24, 2.45) is 5.92 Å². The van der Waals surface area contributed by atoms with Gasteiger partial charge in [0.25, 0.3) is 5.91 Å². The number of aliphatic hydroxyl groups excluding tert-OH is 1. The lowest BCUT2D eigenvalue weighted by Crippen LogP contribution is -2.54. The van der Waals surface area contributed by atoms with Gasteiger partial charge in [0, 0.05) is 48.3 Å². The van der Waals surface area contributed by atoms with Crippen molar-refractivity contribution in [1.29, 1.82) is 0 Å². The maximum atomic E-state index is 13.0. The second-order valence-electron chi connectivity index (χ2n) is 9.08. The Labute approximate surface area is 205 Å². The van der Waals surface area contributed by atoms with E-state index in [1.54, 1.807) is 18.3 Å². The van der Waals surface area contributed by atoms with Gasteiger partial charge in [-0.05, 0) is 54.8 Å². The Morgan fingerprint density at radius 3 is 2.83 bits per heavy atom. The van der Waals surface area contributed by atoms with Gasteiger partial charge in [-0.3, -0.25) is 14.8 Å². The molecule has 10 heteroatoms. The molecule has 0 aliphatic carbocycles. The van der Waals surface area contributed by atoms with Crippen molar-refractivity contribution < 1.29 is 27.8 Å². The first-order chi connectivity index (χ1) is 17.2. The number of nitrogens with one attached hydrogen (secondary N) is 1. The van der Waals surface area contributed by atoms with E-state index in [9.17, 15) is 23.1 Å². The number of anilines is 2. The Hall–Kier alpha value is -3.50. The molecule has 1 unspecified atom stereocenters. The number of morpholine rings is 1. The number of pyridine rings is 2. The highest BCUT2D eigenvalue weighted by Gasteiger charge is 2.37. The van der Waals surface area contributed by atoms with Crippen molar-refractivity contribution in [2.75, 3.05) is 36.6 Å². The monoisotopic (exact) mass is 498 g/mol. The molecule has 2 aliphatic heterocycles. The van der Waals surface area contributed by atoms with Crippen LogP contribution < -0.4 is 10.2 Å². The topological polar surface area (TPSA) is 87.6 Å². The number of hydrogen-bond donors (Lipinski definition) is 2. The number of carbonyl (C=O) groups excluding carboxylic acids is 1. The molecular formula is C26H25F3N4O3. The summed E-state index contributed by atoms with van der Waals surface area (Å²) in [6.07, 6.45) is -1.22. The van der Waals surface area contributed by atoms with Crippen molar-refractivity contribution in [1.82, 2.24) is 9.97 Å². The van der Waals surface area contributed by atoms with E-state index in [0.717, 1.165) is 40.3 Å². The van der Waals surface area contributed by atoms with Gasteiger partial charge in [0.1, 0.15) is 5.69 Å². The summed E-state index contributed by atoms with van der Waals surface area (Å²) >= 11 is 0. The van der Waals surface area contributed by atoms with Crippen LogP contribution in [-0.2, 0) is 17.3 Å². The molecule has 2 atom stereocenters. The molecule has 2 aromatic heterocycles. The van der Waals surface area contributed by atoms with Gasteiger partial charge in [-0.1, -0.05) is 6.07 Å². The third kappa shape index (κ3) is 4.66. The maximum absolute atomic E-state index is 13.0. The quantitative estimate of drug-likeness (QED) is 0.564. The zero-order chi connectivity index (χ0) is 25.4. The minimum atomic E-state index is -4.64. The molecule has 4 heterocycles. The summed E-state index contributed by atoms with van der Waals surface area (Å²) in [7, 11) is 0. The molecular weight excluding hydrogens is 473 g/mol. The van der Waals surface area contributed by atoms with Crippen molar-refractivity contribution in [3.63, 3.8) is 0 Å². The van der Waals surface area contributed by atoms with Gasteiger partial charge in [0.15, 0.2) is 0 Å². The second kappa shape index (κ2) is 9.51. The number of alkyl halides is 3. The van der Waals surface area contributed by atoms with E-state index in [4.69, 9.17) is 9.72 Å². The molecule has 0 bridgehead atoms. The molecule has 188 valence electrons. The van der Waals surface area contributed by atoms with E-state index in [0.29, 0.717) is 31.9 Å². The van der Waals surface area contributed by atoms with Crippen molar-refractivity contribution in [3.05, 3.63) is 71.3 Å². The number of carbonyl (C=O) groups is 1. The second-order valence-corrected chi connectivity index (χ2v) is 9.08. The highest BCUT2D eigenvalue weighted by Crippen LogP contribution is 2.38. The number of benzene rings is 1. The van der Waals surface area contributed by atoms with Crippen LogP contribution in [0, 0.1) is 12.8 Å². The first-order valence-electron chi connectivity index (χ1n) is 11.6. The predicted molar refractivity (Wildman–Crippen MR) is 128 cm³/mol. The lowest BCUT2D eigenvalue weighted by molar-refractivity contribution is -0.141. The number of fused-ring (bicyclic) bond motifs is 3. The van der Waals surface area contributed by atoms with Gasteiger partial charge in [0.2, 0.25) is 0 Å². The molecule has 5 rings (SSSR count). The lowest BCUT2D eigenvalue weighted by Gasteiger charge is -2.45. The Bertz CT molecular complexity index is 1300. The molecule has 0 spiro atoms. The van der Waals surface area contributed by atoms with Crippen LogP contribution in [0.15, 0.2) is 48.8 Å². The molecule has 1 saturated heterocycles. The summed E-state index contributed by atoms with van der Waals surface area (Å²) in [6, 6.07) is 9.47. The Kier molecular flexibility index (Phi) is 6.40. The summed E-state index contributed by atoms with van der Waals surface area (Å²) in [4.78, 5) is 22.9. The number of ether oxygens (including phenoxy) is 1. The molecule has 0 saturated carbocycles. The van der Waals surface area contributed by atoms with E-state index in [1.807, 2.05) is 13.0 Å². The molecule has 1 fully saturated rings. The molecule has 0 radical (unpaired) electrons. The van der Waals surface area contributed by atoms with Gasteiger partial charge in [-0.15, -0.1) is 0 Å². The lowest BCUT2D eigenvalue weighted by atomic mass is 9.87. The van der Waals surface area contributed by atoms with Crippen LogP contribution in [0.25, 0.3) is 11.1 Å². The summed E-state index contributed by atoms with van der Waals surface area (Å²) in [5, 5.41) is 12.5. The molecule has 7 nitrogen and oxygen atoms in total.